The van der Waals surface area contributed by atoms with Crippen LogP contribution in [0.4, 0.5) is 0 Å². The van der Waals surface area contributed by atoms with E-state index < -0.39 is 7.14 Å². The highest BCUT2D eigenvalue weighted by atomic mass is 35.5. The topological polar surface area (TPSA) is 17.1 Å². The molecule has 0 saturated heterocycles. The van der Waals surface area contributed by atoms with E-state index >= 15 is 0 Å². The van der Waals surface area contributed by atoms with Crippen molar-refractivity contribution in [3.8, 4) is 0 Å². The predicted octanol–water partition coefficient (Wildman–Crippen LogP) is 5.42. The maximum Gasteiger partial charge on any atom is 0.150 e. The van der Waals surface area contributed by atoms with Gasteiger partial charge in [0.25, 0.3) is 0 Å². The summed E-state index contributed by atoms with van der Waals surface area (Å²) in [6.45, 7) is 2.03. The molecule has 3 aromatic carbocycles. The van der Waals surface area contributed by atoms with Crippen LogP contribution in [0.1, 0.15) is 18.1 Å². The molecular weight excluding hydrogens is 323 g/mol. The summed E-state index contributed by atoms with van der Waals surface area (Å²) in [4.78, 5) is 0. The largest absolute Gasteiger partial charge is 0.313 e. The van der Waals surface area contributed by atoms with Crippen LogP contribution in [-0.4, -0.2) is 0 Å². The molecule has 3 heteroatoms. The Morgan fingerprint density at radius 2 is 1.17 bits per heavy atom. The fourth-order valence-corrected chi connectivity index (χ4v) is 5.99. The molecule has 0 aliphatic heterocycles. The summed E-state index contributed by atoms with van der Waals surface area (Å²) >= 11 is 6.00. The molecule has 0 aromatic heterocycles. The van der Waals surface area contributed by atoms with Crippen molar-refractivity contribution in [2.45, 2.75) is 12.6 Å². The molecular formula is C20H18ClOP. The third-order valence-electron chi connectivity index (χ3n) is 4.18. The first kappa shape index (κ1) is 16.1. The minimum atomic E-state index is -2.80. The van der Waals surface area contributed by atoms with Gasteiger partial charge in [-0.05, 0) is 17.7 Å². The van der Waals surface area contributed by atoms with E-state index in [1.165, 1.54) is 0 Å². The Morgan fingerprint density at radius 1 is 0.739 bits per heavy atom. The molecule has 0 aliphatic rings. The molecule has 0 aliphatic carbocycles. The third-order valence-corrected chi connectivity index (χ3v) is 7.95. The van der Waals surface area contributed by atoms with E-state index in [-0.39, 0.29) is 5.66 Å². The van der Waals surface area contributed by atoms with Crippen molar-refractivity contribution in [3.05, 3.63) is 95.5 Å². The fourth-order valence-electron chi connectivity index (χ4n) is 2.85. The Morgan fingerprint density at radius 3 is 1.61 bits per heavy atom. The first-order valence-electron chi connectivity index (χ1n) is 7.59. The first-order chi connectivity index (χ1) is 11.1. The Labute approximate surface area is 142 Å². The summed E-state index contributed by atoms with van der Waals surface area (Å²) in [7, 11) is -2.80. The standard InChI is InChI=1S/C20H18ClOP/c1-16(17-12-14-18(21)15-13-17)23(22,19-8-4-2-5-9-19)20-10-6-3-7-11-20/h2-16H,1H3. The van der Waals surface area contributed by atoms with Crippen molar-refractivity contribution in [2.75, 3.05) is 0 Å². The summed E-state index contributed by atoms with van der Waals surface area (Å²) in [6.07, 6.45) is 0. The van der Waals surface area contributed by atoms with Crippen LogP contribution in [0, 0.1) is 0 Å². The number of hydrogen-bond acceptors (Lipinski definition) is 1. The van der Waals surface area contributed by atoms with Crippen LogP contribution in [0.25, 0.3) is 0 Å². The summed E-state index contributed by atoms with van der Waals surface area (Å²) in [6, 6.07) is 27.1. The van der Waals surface area contributed by atoms with Gasteiger partial charge in [0.2, 0.25) is 0 Å². The molecule has 3 aromatic rings. The molecule has 0 spiro atoms. The summed E-state index contributed by atoms with van der Waals surface area (Å²) in [5, 5.41) is 2.46. The number of hydrogen-bond donors (Lipinski definition) is 0. The minimum absolute atomic E-state index is 0.121. The van der Waals surface area contributed by atoms with E-state index in [4.69, 9.17) is 11.6 Å². The van der Waals surface area contributed by atoms with Crippen molar-refractivity contribution in [1.82, 2.24) is 0 Å². The molecule has 0 radical (unpaired) electrons. The molecule has 0 bridgehead atoms. The van der Waals surface area contributed by atoms with Crippen LogP contribution in [0.2, 0.25) is 5.02 Å². The zero-order valence-corrected chi connectivity index (χ0v) is 14.5. The molecule has 1 unspecified atom stereocenters. The number of rotatable bonds is 4. The molecule has 23 heavy (non-hydrogen) atoms. The van der Waals surface area contributed by atoms with Gasteiger partial charge in [0.15, 0.2) is 0 Å². The molecule has 1 nitrogen and oxygen atoms in total. The lowest BCUT2D eigenvalue weighted by Gasteiger charge is -2.26. The van der Waals surface area contributed by atoms with Gasteiger partial charge in [0.1, 0.15) is 7.14 Å². The second-order valence-corrected chi connectivity index (χ2v) is 9.12. The summed E-state index contributed by atoms with van der Waals surface area (Å²) in [5.74, 6) is 0. The van der Waals surface area contributed by atoms with Crippen LogP contribution in [-0.2, 0) is 4.57 Å². The normalized spacial score (nSPS) is 12.8. The fraction of sp³-hybridized carbons (Fsp3) is 0.100. The molecule has 0 saturated carbocycles. The first-order valence-corrected chi connectivity index (χ1v) is 9.74. The lowest BCUT2D eigenvalue weighted by Crippen LogP contribution is -2.20. The lowest BCUT2D eigenvalue weighted by atomic mass is 10.2. The Hall–Kier alpha value is -1.82. The van der Waals surface area contributed by atoms with Crippen LogP contribution >= 0.6 is 18.7 Å². The van der Waals surface area contributed by atoms with E-state index in [2.05, 4.69) is 0 Å². The van der Waals surface area contributed by atoms with Gasteiger partial charge >= 0.3 is 0 Å². The van der Waals surface area contributed by atoms with Crippen molar-refractivity contribution < 1.29 is 4.57 Å². The second-order valence-electron chi connectivity index (χ2n) is 5.56. The van der Waals surface area contributed by atoms with Crippen LogP contribution in [0.3, 0.4) is 0 Å². The minimum Gasteiger partial charge on any atom is -0.313 e. The summed E-state index contributed by atoms with van der Waals surface area (Å²) < 4.78 is 14.2. The molecule has 0 heterocycles. The smallest absolute Gasteiger partial charge is 0.150 e. The lowest BCUT2D eigenvalue weighted by molar-refractivity contribution is 0.581. The molecule has 0 N–H and O–H groups in total. The van der Waals surface area contributed by atoms with Crippen molar-refractivity contribution in [1.29, 1.82) is 0 Å². The van der Waals surface area contributed by atoms with Gasteiger partial charge in [-0.3, -0.25) is 0 Å². The van der Waals surface area contributed by atoms with Gasteiger partial charge in [-0.15, -0.1) is 0 Å². The van der Waals surface area contributed by atoms with Gasteiger partial charge in [0, 0.05) is 21.3 Å². The van der Waals surface area contributed by atoms with E-state index in [1.807, 2.05) is 91.9 Å². The highest BCUT2D eigenvalue weighted by Gasteiger charge is 2.34. The Balaban J connectivity index is 2.16. The van der Waals surface area contributed by atoms with Gasteiger partial charge in [-0.2, -0.15) is 0 Å². The van der Waals surface area contributed by atoms with E-state index in [0.29, 0.717) is 5.02 Å². The predicted molar refractivity (Wildman–Crippen MR) is 99.6 cm³/mol. The Kier molecular flexibility index (Phi) is 4.71. The van der Waals surface area contributed by atoms with Crippen molar-refractivity contribution >= 4 is 29.4 Å². The zero-order valence-electron chi connectivity index (χ0n) is 12.9. The average Bonchev–Trinajstić information content (AvgIpc) is 2.62. The average molecular weight is 341 g/mol. The van der Waals surface area contributed by atoms with Gasteiger partial charge in [-0.25, -0.2) is 0 Å². The van der Waals surface area contributed by atoms with Crippen molar-refractivity contribution in [2.24, 2.45) is 0 Å². The highest BCUT2D eigenvalue weighted by molar-refractivity contribution is 7.79. The third kappa shape index (κ3) is 3.13. The van der Waals surface area contributed by atoms with Crippen LogP contribution in [0.15, 0.2) is 84.9 Å². The van der Waals surface area contributed by atoms with Gasteiger partial charge in [-0.1, -0.05) is 91.3 Å². The molecule has 1 atom stereocenters. The van der Waals surface area contributed by atoms with Crippen LogP contribution in [0.5, 0.6) is 0 Å². The van der Waals surface area contributed by atoms with E-state index in [0.717, 1.165) is 16.2 Å². The van der Waals surface area contributed by atoms with Crippen molar-refractivity contribution in [3.63, 3.8) is 0 Å². The Bertz CT molecular complexity index is 770. The molecule has 0 amide bonds. The molecule has 116 valence electrons. The van der Waals surface area contributed by atoms with Gasteiger partial charge < -0.3 is 4.57 Å². The SMILES string of the molecule is CC(c1ccc(Cl)cc1)P(=O)(c1ccccc1)c1ccccc1. The van der Waals surface area contributed by atoms with E-state index in [1.54, 1.807) is 0 Å². The second kappa shape index (κ2) is 6.74. The number of benzene rings is 3. The quantitative estimate of drug-likeness (QED) is 0.580. The maximum absolute atomic E-state index is 14.2. The monoisotopic (exact) mass is 340 g/mol. The highest BCUT2D eigenvalue weighted by Crippen LogP contribution is 2.56. The van der Waals surface area contributed by atoms with E-state index in [9.17, 15) is 4.57 Å². The molecule has 3 rings (SSSR count). The van der Waals surface area contributed by atoms with Gasteiger partial charge in [0.05, 0.1) is 0 Å². The number of halogens is 1. The molecule has 0 fully saturated rings. The summed E-state index contributed by atoms with van der Waals surface area (Å²) in [5.41, 5.74) is 0.912. The van der Waals surface area contributed by atoms with Crippen LogP contribution < -0.4 is 10.6 Å². The zero-order chi connectivity index (χ0) is 16.3. The maximum atomic E-state index is 14.2.